The van der Waals surface area contributed by atoms with Crippen molar-refractivity contribution in [2.24, 2.45) is 0 Å². The predicted molar refractivity (Wildman–Crippen MR) is 62.8 cm³/mol. The third-order valence-corrected chi connectivity index (χ3v) is 3.79. The van der Waals surface area contributed by atoms with Crippen LogP contribution in [0.4, 0.5) is 0 Å². The van der Waals surface area contributed by atoms with Crippen LogP contribution >= 0.6 is 0 Å². The van der Waals surface area contributed by atoms with Crippen molar-refractivity contribution < 1.29 is 10.2 Å². The van der Waals surface area contributed by atoms with Crippen LogP contribution in [0.1, 0.15) is 25.7 Å². The molecule has 0 amide bonds. The first-order valence-corrected chi connectivity index (χ1v) is 5.93. The third-order valence-electron chi connectivity index (χ3n) is 3.79. The van der Waals surface area contributed by atoms with Gasteiger partial charge in [-0.25, -0.2) is 0 Å². The van der Waals surface area contributed by atoms with Crippen molar-refractivity contribution in [2.45, 2.75) is 37.9 Å². The second-order valence-electron chi connectivity index (χ2n) is 4.70. The Morgan fingerprint density at radius 3 is 2.81 bits per heavy atom. The van der Waals surface area contributed by atoms with Crippen molar-refractivity contribution in [3.05, 3.63) is 46.6 Å². The van der Waals surface area contributed by atoms with Gasteiger partial charge in [0.1, 0.15) is 0 Å². The molecule has 0 aromatic heterocycles. The number of rotatable bonds is 0. The fourth-order valence-electron chi connectivity index (χ4n) is 2.99. The number of aliphatic hydroxyl groups excluding tert-OH is 2. The van der Waals surface area contributed by atoms with E-state index in [1.807, 2.05) is 24.3 Å². The van der Waals surface area contributed by atoms with E-state index in [0.717, 1.165) is 42.4 Å². The third kappa shape index (κ3) is 1.41. The first-order chi connectivity index (χ1) is 7.77. The topological polar surface area (TPSA) is 40.5 Å². The van der Waals surface area contributed by atoms with Gasteiger partial charge in [0, 0.05) is 0 Å². The highest BCUT2D eigenvalue weighted by molar-refractivity contribution is 5.55. The molecule has 0 radical (unpaired) electrons. The zero-order valence-electron chi connectivity index (χ0n) is 9.19. The standard InChI is InChI=1S/C14H16O2/c15-12-4-2-1-3-11-10(12)7-5-9-6-8-13(16)14(9)11/h1-4,12-13,15-16H,5-8H2. The molecule has 2 nitrogen and oxygen atoms in total. The van der Waals surface area contributed by atoms with Crippen molar-refractivity contribution in [3.63, 3.8) is 0 Å². The van der Waals surface area contributed by atoms with Gasteiger partial charge in [-0.1, -0.05) is 29.9 Å². The van der Waals surface area contributed by atoms with Gasteiger partial charge in [-0.05, 0) is 42.4 Å². The molecule has 84 valence electrons. The summed E-state index contributed by atoms with van der Waals surface area (Å²) in [6.07, 6.45) is 10.7. The van der Waals surface area contributed by atoms with Crippen LogP contribution < -0.4 is 0 Å². The first-order valence-electron chi connectivity index (χ1n) is 5.93. The minimum absolute atomic E-state index is 0.324. The highest BCUT2D eigenvalue weighted by Crippen LogP contribution is 2.42. The quantitative estimate of drug-likeness (QED) is 0.650. The van der Waals surface area contributed by atoms with Crippen LogP contribution in [0.15, 0.2) is 46.6 Å². The molecule has 0 aromatic carbocycles. The number of hydrogen-bond acceptors (Lipinski definition) is 2. The van der Waals surface area contributed by atoms with Crippen LogP contribution in [0.5, 0.6) is 0 Å². The molecule has 2 atom stereocenters. The lowest BCUT2D eigenvalue weighted by atomic mass is 9.84. The van der Waals surface area contributed by atoms with Crippen LogP contribution in [0.25, 0.3) is 0 Å². The molecule has 0 aliphatic heterocycles. The van der Waals surface area contributed by atoms with E-state index in [2.05, 4.69) is 0 Å². The molecule has 2 N–H and O–H groups in total. The van der Waals surface area contributed by atoms with Gasteiger partial charge in [0.25, 0.3) is 0 Å². The predicted octanol–water partition coefficient (Wildman–Crippen LogP) is 2.01. The van der Waals surface area contributed by atoms with Gasteiger partial charge >= 0.3 is 0 Å². The highest BCUT2D eigenvalue weighted by Gasteiger charge is 2.31. The molecule has 3 rings (SSSR count). The van der Waals surface area contributed by atoms with E-state index in [0.29, 0.717) is 0 Å². The molecular formula is C14H16O2. The Hall–Kier alpha value is -1.12. The fraction of sp³-hybridized carbons (Fsp3) is 0.429. The van der Waals surface area contributed by atoms with E-state index in [9.17, 15) is 10.2 Å². The summed E-state index contributed by atoms with van der Waals surface area (Å²) >= 11 is 0. The molecule has 0 bridgehead atoms. The fourth-order valence-corrected chi connectivity index (χ4v) is 2.99. The van der Waals surface area contributed by atoms with E-state index in [-0.39, 0.29) is 6.10 Å². The van der Waals surface area contributed by atoms with Gasteiger partial charge in [-0.15, -0.1) is 0 Å². The van der Waals surface area contributed by atoms with E-state index < -0.39 is 6.10 Å². The van der Waals surface area contributed by atoms with E-state index in [1.165, 1.54) is 5.57 Å². The normalized spacial score (nSPS) is 32.9. The maximum atomic E-state index is 10.0. The Balaban J connectivity index is 2.11. The van der Waals surface area contributed by atoms with Crippen LogP contribution in [0.2, 0.25) is 0 Å². The van der Waals surface area contributed by atoms with E-state index in [4.69, 9.17) is 0 Å². The second-order valence-corrected chi connectivity index (χ2v) is 4.70. The second kappa shape index (κ2) is 3.72. The molecule has 3 aliphatic rings. The summed E-state index contributed by atoms with van der Waals surface area (Å²) < 4.78 is 0. The van der Waals surface area contributed by atoms with Crippen molar-refractivity contribution in [2.75, 3.05) is 0 Å². The Bertz CT molecular complexity index is 438. The van der Waals surface area contributed by atoms with Gasteiger partial charge in [-0.3, -0.25) is 0 Å². The zero-order valence-corrected chi connectivity index (χ0v) is 9.19. The molecule has 0 fully saturated rings. The molecule has 2 unspecified atom stereocenters. The summed E-state index contributed by atoms with van der Waals surface area (Å²) in [5.74, 6) is 0. The Labute approximate surface area is 95.3 Å². The average molecular weight is 216 g/mol. The lowest BCUT2D eigenvalue weighted by molar-refractivity contribution is 0.213. The number of hydrogen-bond donors (Lipinski definition) is 2. The molecular weight excluding hydrogens is 200 g/mol. The van der Waals surface area contributed by atoms with Gasteiger partial charge in [0.2, 0.25) is 0 Å². The molecule has 3 aliphatic carbocycles. The van der Waals surface area contributed by atoms with Gasteiger partial charge in [-0.2, -0.15) is 0 Å². The van der Waals surface area contributed by atoms with Crippen LogP contribution in [0.3, 0.4) is 0 Å². The Morgan fingerprint density at radius 1 is 1.06 bits per heavy atom. The minimum Gasteiger partial charge on any atom is -0.388 e. The zero-order chi connectivity index (χ0) is 11.1. The molecule has 16 heavy (non-hydrogen) atoms. The van der Waals surface area contributed by atoms with Crippen molar-refractivity contribution in [1.29, 1.82) is 0 Å². The maximum Gasteiger partial charge on any atom is 0.0943 e. The van der Waals surface area contributed by atoms with Crippen molar-refractivity contribution in [3.8, 4) is 0 Å². The lowest BCUT2D eigenvalue weighted by Crippen LogP contribution is -2.16. The number of aliphatic hydroxyl groups is 2. The summed E-state index contributed by atoms with van der Waals surface area (Å²) in [5.41, 5.74) is 4.65. The maximum absolute atomic E-state index is 10.0. The first kappa shape index (κ1) is 10.1. The molecule has 0 spiro atoms. The van der Waals surface area contributed by atoms with Gasteiger partial charge in [0.15, 0.2) is 0 Å². The Morgan fingerprint density at radius 2 is 1.94 bits per heavy atom. The minimum atomic E-state index is -0.480. The van der Waals surface area contributed by atoms with Gasteiger partial charge in [0.05, 0.1) is 12.2 Å². The Kier molecular flexibility index (Phi) is 2.34. The molecule has 0 saturated heterocycles. The molecule has 2 heteroatoms. The average Bonchev–Trinajstić information content (AvgIpc) is 2.56. The van der Waals surface area contributed by atoms with Crippen molar-refractivity contribution in [1.82, 2.24) is 0 Å². The smallest absolute Gasteiger partial charge is 0.0943 e. The van der Waals surface area contributed by atoms with E-state index >= 15 is 0 Å². The van der Waals surface area contributed by atoms with Crippen molar-refractivity contribution >= 4 is 0 Å². The molecule has 0 aromatic rings. The van der Waals surface area contributed by atoms with E-state index in [1.54, 1.807) is 0 Å². The number of allylic oxidation sites excluding steroid dienone is 4. The SMILES string of the molecule is OC1C=CC=CC2=C1CCC1=C2C(O)CC1. The summed E-state index contributed by atoms with van der Waals surface area (Å²) in [5, 5.41) is 20.0. The largest absolute Gasteiger partial charge is 0.388 e. The summed E-state index contributed by atoms with van der Waals surface area (Å²) in [6, 6.07) is 0. The summed E-state index contributed by atoms with van der Waals surface area (Å²) in [7, 11) is 0. The van der Waals surface area contributed by atoms with Crippen LogP contribution in [0, 0.1) is 0 Å². The summed E-state index contributed by atoms with van der Waals surface area (Å²) in [4.78, 5) is 0. The highest BCUT2D eigenvalue weighted by atomic mass is 16.3. The lowest BCUT2D eigenvalue weighted by Gasteiger charge is -2.24. The van der Waals surface area contributed by atoms with Crippen LogP contribution in [-0.4, -0.2) is 22.4 Å². The summed E-state index contributed by atoms with van der Waals surface area (Å²) in [6.45, 7) is 0. The molecule has 0 heterocycles. The van der Waals surface area contributed by atoms with Gasteiger partial charge < -0.3 is 10.2 Å². The number of fused-ring (bicyclic) bond motifs is 1. The monoisotopic (exact) mass is 216 g/mol. The van der Waals surface area contributed by atoms with Crippen LogP contribution in [-0.2, 0) is 0 Å². The molecule has 0 saturated carbocycles.